The van der Waals surface area contributed by atoms with Crippen molar-refractivity contribution in [3.63, 3.8) is 0 Å². The SMILES string of the molecule is CCCCCCC(CCCCCC)CNC(=O)CCCCCNCCO. The molecule has 0 saturated carbocycles. The summed E-state index contributed by atoms with van der Waals surface area (Å²) in [5.41, 5.74) is 0. The molecule has 0 unspecified atom stereocenters. The van der Waals surface area contributed by atoms with Crippen LogP contribution in [0.1, 0.15) is 104 Å². The Morgan fingerprint density at radius 2 is 1.42 bits per heavy atom. The van der Waals surface area contributed by atoms with Crippen LogP contribution in [0.2, 0.25) is 0 Å². The zero-order chi connectivity index (χ0) is 19.3. The van der Waals surface area contributed by atoms with Gasteiger partial charge in [0.2, 0.25) is 5.91 Å². The molecule has 0 rings (SSSR count). The van der Waals surface area contributed by atoms with E-state index in [-0.39, 0.29) is 12.5 Å². The van der Waals surface area contributed by atoms with E-state index >= 15 is 0 Å². The van der Waals surface area contributed by atoms with Crippen molar-refractivity contribution in [1.82, 2.24) is 10.6 Å². The van der Waals surface area contributed by atoms with E-state index in [1.807, 2.05) is 0 Å². The molecule has 0 heterocycles. The van der Waals surface area contributed by atoms with Crippen LogP contribution in [-0.4, -0.2) is 37.3 Å². The number of aliphatic hydroxyl groups is 1. The van der Waals surface area contributed by atoms with Crippen LogP contribution in [0.3, 0.4) is 0 Å². The molecule has 0 atom stereocenters. The molecule has 156 valence electrons. The van der Waals surface area contributed by atoms with Gasteiger partial charge in [0.1, 0.15) is 0 Å². The average Bonchev–Trinajstić information content (AvgIpc) is 2.65. The molecule has 4 heteroatoms. The van der Waals surface area contributed by atoms with Gasteiger partial charge in [-0.2, -0.15) is 0 Å². The van der Waals surface area contributed by atoms with E-state index in [0.717, 1.165) is 32.4 Å². The van der Waals surface area contributed by atoms with Gasteiger partial charge in [0.15, 0.2) is 0 Å². The Bertz CT molecular complexity index is 286. The first-order valence-corrected chi connectivity index (χ1v) is 11.3. The Labute approximate surface area is 162 Å². The lowest BCUT2D eigenvalue weighted by Crippen LogP contribution is -2.29. The maximum atomic E-state index is 12.1. The summed E-state index contributed by atoms with van der Waals surface area (Å²) in [5, 5.41) is 15.0. The Morgan fingerprint density at radius 1 is 0.808 bits per heavy atom. The fourth-order valence-electron chi connectivity index (χ4n) is 3.33. The molecule has 0 fully saturated rings. The minimum atomic E-state index is 0.195. The smallest absolute Gasteiger partial charge is 0.220 e. The number of amides is 1. The molecular weight excluding hydrogens is 324 g/mol. The van der Waals surface area contributed by atoms with Gasteiger partial charge < -0.3 is 15.7 Å². The standard InChI is InChI=1S/C22H46N2O2/c1-3-5-7-10-14-21(15-11-8-6-4-2)20-24-22(26)16-12-9-13-17-23-18-19-25/h21,23,25H,3-20H2,1-2H3,(H,24,26). The number of hydrogen-bond donors (Lipinski definition) is 3. The molecule has 0 saturated heterocycles. The average molecular weight is 371 g/mol. The predicted molar refractivity (Wildman–Crippen MR) is 112 cm³/mol. The van der Waals surface area contributed by atoms with Gasteiger partial charge in [0, 0.05) is 19.5 Å². The molecule has 0 bridgehead atoms. The number of aliphatic hydroxyl groups excluding tert-OH is 1. The highest BCUT2D eigenvalue weighted by Gasteiger charge is 2.10. The van der Waals surface area contributed by atoms with Crippen molar-refractivity contribution < 1.29 is 9.90 Å². The highest BCUT2D eigenvalue weighted by molar-refractivity contribution is 5.75. The van der Waals surface area contributed by atoms with Crippen LogP contribution in [-0.2, 0) is 4.79 Å². The fourth-order valence-corrected chi connectivity index (χ4v) is 3.33. The molecule has 26 heavy (non-hydrogen) atoms. The molecule has 3 N–H and O–H groups in total. The minimum absolute atomic E-state index is 0.195. The van der Waals surface area contributed by atoms with E-state index in [9.17, 15) is 4.79 Å². The van der Waals surface area contributed by atoms with E-state index in [4.69, 9.17) is 5.11 Å². The maximum Gasteiger partial charge on any atom is 0.220 e. The fraction of sp³-hybridized carbons (Fsp3) is 0.955. The van der Waals surface area contributed by atoms with Crippen molar-refractivity contribution in [2.75, 3.05) is 26.2 Å². The van der Waals surface area contributed by atoms with Crippen LogP contribution in [0, 0.1) is 5.92 Å². The molecule has 0 aromatic carbocycles. The largest absolute Gasteiger partial charge is 0.395 e. The first kappa shape index (κ1) is 25.4. The topological polar surface area (TPSA) is 61.4 Å². The molecule has 1 amide bonds. The monoisotopic (exact) mass is 370 g/mol. The molecule has 0 aliphatic heterocycles. The Kier molecular flexibility index (Phi) is 20.2. The van der Waals surface area contributed by atoms with E-state index in [1.165, 1.54) is 64.2 Å². The number of rotatable bonds is 20. The second-order valence-corrected chi connectivity index (χ2v) is 7.65. The maximum absolute atomic E-state index is 12.1. The highest BCUT2D eigenvalue weighted by atomic mass is 16.3. The van der Waals surface area contributed by atoms with Crippen molar-refractivity contribution >= 4 is 5.91 Å². The van der Waals surface area contributed by atoms with Crippen molar-refractivity contribution in [2.24, 2.45) is 5.92 Å². The molecular formula is C22H46N2O2. The van der Waals surface area contributed by atoms with E-state index in [1.54, 1.807) is 0 Å². The van der Waals surface area contributed by atoms with Crippen molar-refractivity contribution in [1.29, 1.82) is 0 Å². The van der Waals surface area contributed by atoms with Gasteiger partial charge >= 0.3 is 0 Å². The normalized spacial score (nSPS) is 11.2. The third kappa shape index (κ3) is 18.2. The molecule has 0 radical (unpaired) electrons. The van der Waals surface area contributed by atoms with Crippen LogP contribution in [0.5, 0.6) is 0 Å². The van der Waals surface area contributed by atoms with Crippen LogP contribution in [0.25, 0.3) is 0 Å². The first-order chi connectivity index (χ1) is 12.7. The predicted octanol–water partition coefficient (Wildman–Crippen LogP) is 4.80. The molecule has 0 aliphatic carbocycles. The van der Waals surface area contributed by atoms with Crippen LogP contribution >= 0.6 is 0 Å². The summed E-state index contributed by atoms with van der Waals surface area (Å²) in [6, 6.07) is 0. The minimum Gasteiger partial charge on any atom is -0.395 e. The summed E-state index contributed by atoms with van der Waals surface area (Å²) < 4.78 is 0. The number of nitrogens with one attached hydrogen (secondary N) is 2. The summed E-state index contributed by atoms with van der Waals surface area (Å²) in [6.45, 7) is 7.17. The van der Waals surface area contributed by atoms with Gasteiger partial charge in [-0.05, 0) is 38.1 Å². The molecule has 0 aromatic rings. The summed E-state index contributed by atoms with van der Waals surface area (Å²) in [6.07, 6.45) is 16.8. The molecule has 4 nitrogen and oxygen atoms in total. The zero-order valence-corrected chi connectivity index (χ0v) is 17.7. The van der Waals surface area contributed by atoms with Crippen molar-refractivity contribution in [2.45, 2.75) is 104 Å². The molecule has 0 aromatic heterocycles. The Balaban J connectivity index is 3.82. The lowest BCUT2D eigenvalue weighted by atomic mass is 9.94. The van der Waals surface area contributed by atoms with Gasteiger partial charge in [-0.25, -0.2) is 0 Å². The lowest BCUT2D eigenvalue weighted by molar-refractivity contribution is -0.121. The number of carbonyl (C=O) groups is 1. The third-order valence-electron chi connectivity index (χ3n) is 5.07. The second kappa shape index (κ2) is 20.7. The van der Waals surface area contributed by atoms with Gasteiger partial charge in [-0.15, -0.1) is 0 Å². The summed E-state index contributed by atoms with van der Waals surface area (Å²) in [5.74, 6) is 0.885. The molecule has 0 spiro atoms. The van der Waals surface area contributed by atoms with Gasteiger partial charge in [0.05, 0.1) is 6.61 Å². The summed E-state index contributed by atoms with van der Waals surface area (Å²) >= 11 is 0. The van der Waals surface area contributed by atoms with Crippen molar-refractivity contribution in [3.8, 4) is 0 Å². The van der Waals surface area contributed by atoms with Crippen LogP contribution < -0.4 is 10.6 Å². The first-order valence-electron chi connectivity index (χ1n) is 11.3. The third-order valence-corrected chi connectivity index (χ3v) is 5.07. The van der Waals surface area contributed by atoms with Crippen LogP contribution in [0.15, 0.2) is 0 Å². The van der Waals surface area contributed by atoms with Gasteiger partial charge in [-0.1, -0.05) is 71.6 Å². The highest BCUT2D eigenvalue weighted by Crippen LogP contribution is 2.18. The zero-order valence-electron chi connectivity index (χ0n) is 17.7. The van der Waals surface area contributed by atoms with E-state index in [0.29, 0.717) is 18.9 Å². The second-order valence-electron chi connectivity index (χ2n) is 7.65. The van der Waals surface area contributed by atoms with E-state index in [2.05, 4.69) is 24.5 Å². The number of unbranched alkanes of at least 4 members (excludes halogenated alkanes) is 8. The van der Waals surface area contributed by atoms with Gasteiger partial charge in [-0.3, -0.25) is 4.79 Å². The number of hydrogen-bond acceptors (Lipinski definition) is 3. The number of carbonyl (C=O) groups excluding carboxylic acids is 1. The van der Waals surface area contributed by atoms with Crippen LogP contribution in [0.4, 0.5) is 0 Å². The summed E-state index contributed by atoms with van der Waals surface area (Å²) in [7, 11) is 0. The quantitative estimate of drug-likeness (QED) is 0.270. The lowest BCUT2D eigenvalue weighted by Gasteiger charge is -2.18. The van der Waals surface area contributed by atoms with Gasteiger partial charge in [0.25, 0.3) is 0 Å². The molecule has 0 aliphatic rings. The van der Waals surface area contributed by atoms with Crippen molar-refractivity contribution in [3.05, 3.63) is 0 Å². The summed E-state index contributed by atoms with van der Waals surface area (Å²) in [4.78, 5) is 12.1. The Hall–Kier alpha value is -0.610. The van der Waals surface area contributed by atoms with E-state index < -0.39 is 0 Å². The Morgan fingerprint density at radius 3 is 2.00 bits per heavy atom.